The first kappa shape index (κ1) is 11.2. The van der Waals surface area contributed by atoms with Crippen molar-refractivity contribution in [3.05, 3.63) is 45.3 Å². The lowest BCUT2D eigenvalue weighted by Crippen LogP contribution is -2.18. The van der Waals surface area contributed by atoms with Crippen molar-refractivity contribution in [1.82, 2.24) is 9.55 Å². The topological polar surface area (TPSA) is 72.2 Å². The predicted octanol–water partition coefficient (Wildman–Crippen LogP) is 1.87. The lowest BCUT2D eigenvalue weighted by Gasteiger charge is -2.01. The molecule has 1 aliphatic carbocycles. The second-order valence-electron chi connectivity index (χ2n) is 4.26. The number of carboxylic acids is 1. The molecule has 1 aliphatic rings. The third-order valence-corrected chi connectivity index (χ3v) is 3.73. The first-order valence-electron chi connectivity index (χ1n) is 5.57. The van der Waals surface area contributed by atoms with Gasteiger partial charge in [-0.15, -0.1) is 11.3 Å². The molecule has 1 saturated carbocycles. The molecule has 0 aromatic carbocycles. The Balaban J connectivity index is 2.05. The zero-order valence-corrected chi connectivity index (χ0v) is 10.2. The Morgan fingerprint density at radius 2 is 2.22 bits per heavy atom. The SMILES string of the molecule is O=C(O)c1ccc(=O)n(-c2nc(C3CC3)cs2)c1. The fourth-order valence-corrected chi connectivity index (χ4v) is 2.60. The van der Waals surface area contributed by atoms with Crippen LogP contribution in [-0.4, -0.2) is 20.6 Å². The number of thiazole rings is 1. The van der Waals surface area contributed by atoms with Crippen LogP contribution in [0, 0.1) is 0 Å². The lowest BCUT2D eigenvalue weighted by molar-refractivity contribution is 0.0696. The van der Waals surface area contributed by atoms with Gasteiger partial charge in [-0.1, -0.05) is 0 Å². The number of carbonyl (C=O) groups is 1. The molecule has 6 heteroatoms. The van der Waals surface area contributed by atoms with Gasteiger partial charge in [0.25, 0.3) is 5.56 Å². The fourth-order valence-electron chi connectivity index (χ4n) is 1.72. The van der Waals surface area contributed by atoms with E-state index in [2.05, 4.69) is 4.98 Å². The third kappa shape index (κ3) is 1.95. The molecule has 2 aromatic heterocycles. The smallest absolute Gasteiger partial charge is 0.337 e. The van der Waals surface area contributed by atoms with Crippen LogP contribution in [0.5, 0.6) is 0 Å². The molecular weight excluding hydrogens is 252 g/mol. The molecule has 0 amide bonds. The average molecular weight is 262 g/mol. The Bertz CT molecular complexity index is 670. The average Bonchev–Trinajstić information content (AvgIpc) is 3.08. The van der Waals surface area contributed by atoms with Gasteiger partial charge in [-0.3, -0.25) is 9.36 Å². The summed E-state index contributed by atoms with van der Waals surface area (Å²) in [5.41, 5.74) is 0.817. The second kappa shape index (κ2) is 4.06. The molecule has 1 N–H and O–H groups in total. The van der Waals surface area contributed by atoms with Gasteiger partial charge in [0, 0.05) is 23.6 Å². The molecule has 5 nitrogen and oxygen atoms in total. The summed E-state index contributed by atoms with van der Waals surface area (Å²) < 4.78 is 1.29. The summed E-state index contributed by atoms with van der Waals surface area (Å²) in [6, 6.07) is 2.55. The van der Waals surface area contributed by atoms with E-state index in [1.807, 2.05) is 5.38 Å². The van der Waals surface area contributed by atoms with Crippen molar-refractivity contribution < 1.29 is 9.90 Å². The highest BCUT2D eigenvalue weighted by Gasteiger charge is 2.26. The van der Waals surface area contributed by atoms with Crippen molar-refractivity contribution in [1.29, 1.82) is 0 Å². The summed E-state index contributed by atoms with van der Waals surface area (Å²) in [6.07, 6.45) is 3.61. The number of pyridine rings is 1. The maximum absolute atomic E-state index is 11.7. The minimum absolute atomic E-state index is 0.0813. The lowest BCUT2D eigenvalue weighted by atomic mass is 10.3. The molecule has 0 aliphatic heterocycles. The van der Waals surface area contributed by atoms with Gasteiger partial charge >= 0.3 is 5.97 Å². The van der Waals surface area contributed by atoms with Crippen molar-refractivity contribution in [2.45, 2.75) is 18.8 Å². The van der Waals surface area contributed by atoms with Crippen LogP contribution in [0.1, 0.15) is 34.8 Å². The summed E-state index contributed by atoms with van der Waals surface area (Å²) in [6.45, 7) is 0. The summed E-state index contributed by atoms with van der Waals surface area (Å²) in [5.74, 6) is -0.531. The third-order valence-electron chi connectivity index (χ3n) is 2.87. The highest BCUT2D eigenvalue weighted by atomic mass is 32.1. The number of carboxylic acid groups (broad SMARTS) is 1. The van der Waals surface area contributed by atoms with E-state index >= 15 is 0 Å². The van der Waals surface area contributed by atoms with Gasteiger partial charge in [0.15, 0.2) is 5.13 Å². The summed E-state index contributed by atoms with van der Waals surface area (Å²) in [5, 5.41) is 11.4. The monoisotopic (exact) mass is 262 g/mol. The van der Waals surface area contributed by atoms with Crippen LogP contribution in [0.2, 0.25) is 0 Å². The van der Waals surface area contributed by atoms with E-state index in [0.29, 0.717) is 11.0 Å². The van der Waals surface area contributed by atoms with Gasteiger partial charge in [0.05, 0.1) is 11.3 Å². The molecule has 0 unspecified atom stereocenters. The van der Waals surface area contributed by atoms with E-state index in [1.54, 1.807) is 0 Å². The molecule has 2 heterocycles. The van der Waals surface area contributed by atoms with E-state index in [4.69, 9.17) is 5.11 Å². The Morgan fingerprint density at radius 1 is 1.44 bits per heavy atom. The van der Waals surface area contributed by atoms with Crippen LogP contribution >= 0.6 is 11.3 Å². The van der Waals surface area contributed by atoms with Gasteiger partial charge in [0.1, 0.15) is 0 Å². The molecule has 0 saturated heterocycles. The maximum Gasteiger partial charge on any atom is 0.337 e. The zero-order valence-electron chi connectivity index (χ0n) is 9.37. The van der Waals surface area contributed by atoms with Crippen molar-refractivity contribution in [3.63, 3.8) is 0 Å². The summed E-state index contributed by atoms with van der Waals surface area (Å²) in [4.78, 5) is 27.0. The van der Waals surface area contributed by atoms with Crippen molar-refractivity contribution in [2.75, 3.05) is 0 Å². The van der Waals surface area contributed by atoms with Gasteiger partial charge in [-0.05, 0) is 18.9 Å². The van der Waals surface area contributed by atoms with Gasteiger partial charge in [-0.2, -0.15) is 0 Å². The molecule has 18 heavy (non-hydrogen) atoms. The Hall–Kier alpha value is -1.95. The van der Waals surface area contributed by atoms with Crippen molar-refractivity contribution in [3.8, 4) is 5.13 Å². The highest BCUT2D eigenvalue weighted by Crippen LogP contribution is 2.40. The number of hydrogen-bond donors (Lipinski definition) is 1. The predicted molar refractivity (Wildman–Crippen MR) is 66.6 cm³/mol. The van der Waals surface area contributed by atoms with Crippen LogP contribution in [0.4, 0.5) is 0 Å². The Labute approximate surface area is 106 Å². The molecule has 0 radical (unpaired) electrons. The Morgan fingerprint density at radius 3 is 2.89 bits per heavy atom. The minimum Gasteiger partial charge on any atom is -0.478 e. The van der Waals surface area contributed by atoms with E-state index in [0.717, 1.165) is 18.5 Å². The van der Waals surface area contributed by atoms with Crippen molar-refractivity contribution >= 4 is 17.3 Å². The number of aromatic nitrogens is 2. The van der Waals surface area contributed by atoms with Crippen molar-refractivity contribution in [2.24, 2.45) is 0 Å². The van der Waals surface area contributed by atoms with Gasteiger partial charge in [-0.25, -0.2) is 9.78 Å². The van der Waals surface area contributed by atoms with E-state index in [1.165, 1.54) is 34.2 Å². The second-order valence-corrected chi connectivity index (χ2v) is 5.10. The van der Waals surface area contributed by atoms with Crippen LogP contribution < -0.4 is 5.56 Å². The van der Waals surface area contributed by atoms with Crippen LogP contribution in [0.15, 0.2) is 28.5 Å². The Kier molecular flexibility index (Phi) is 2.52. The molecular formula is C12H10N2O3S. The fraction of sp³-hybridized carbons (Fsp3) is 0.250. The molecule has 3 rings (SSSR count). The largest absolute Gasteiger partial charge is 0.478 e. The van der Waals surface area contributed by atoms with Crippen LogP contribution in [-0.2, 0) is 0 Å². The van der Waals surface area contributed by atoms with Crippen LogP contribution in [0.3, 0.4) is 0 Å². The zero-order chi connectivity index (χ0) is 12.7. The highest BCUT2D eigenvalue weighted by molar-refractivity contribution is 7.12. The maximum atomic E-state index is 11.7. The first-order chi connectivity index (χ1) is 8.65. The van der Waals surface area contributed by atoms with E-state index < -0.39 is 5.97 Å². The molecule has 0 spiro atoms. The standard InChI is InChI=1S/C12H10N2O3S/c15-10-4-3-8(11(16)17)5-14(10)12-13-9(6-18-12)7-1-2-7/h3-7H,1-2H2,(H,16,17). The van der Waals surface area contributed by atoms with Gasteiger partial charge < -0.3 is 5.11 Å². The van der Waals surface area contributed by atoms with E-state index in [9.17, 15) is 9.59 Å². The summed E-state index contributed by atoms with van der Waals surface area (Å²) >= 11 is 1.36. The van der Waals surface area contributed by atoms with E-state index in [-0.39, 0.29) is 11.1 Å². The number of hydrogen-bond acceptors (Lipinski definition) is 4. The molecule has 0 bridgehead atoms. The minimum atomic E-state index is -1.05. The van der Waals surface area contributed by atoms with Gasteiger partial charge in [0.2, 0.25) is 0 Å². The molecule has 1 fully saturated rings. The first-order valence-corrected chi connectivity index (χ1v) is 6.45. The molecule has 2 aromatic rings. The molecule has 92 valence electrons. The molecule has 0 atom stereocenters. The number of nitrogens with zero attached hydrogens (tertiary/aromatic N) is 2. The number of aromatic carboxylic acids is 1. The summed E-state index contributed by atoms with van der Waals surface area (Å²) in [7, 11) is 0. The quantitative estimate of drug-likeness (QED) is 0.916. The normalized spacial score (nSPS) is 14.7. The number of rotatable bonds is 3. The van der Waals surface area contributed by atoms with Crippen LogP contribution in [0.25, 0.3) is 5.13 Å².